The first kappa shape index (κ1) is 12.6. The van der Waals surface area contributed by atoms with Crippen LogP contribution in [0.4, 0.5) is 5.13 Å². The highest BCUT2D eigenvalue weighted by Crippen LogP contribution is 2.27. The van der Waals surface area contributed by atoms with Gasteiger partial charge in [0, 0.05) is 11.1 Å². The van der Waals surface area contributed by atoms with Crippen molar-refractivity contribution in [2.75, 3.05) is 5.32 Å². The molecule has 0 aliphatic rings. The Bertz CT molecular complexity index is 700. The minimum atomic E-state index is 0.753. The van der Waals surface area contributed by atoms with Crippen LogP contribution in [0, 0.1) is 6.92 Å². The van der Waals surface area contributed by atoms with Gasteiger partial charge in [-0.25, -0.2) is 9.97 Å². The molecule has 0 radical (unpaired) electrons. The van der Waals surface area contributed by atoms with E-state index in [0.29, 0.717) is 0 Å². The second-order valence-electron chi connectivity index (χ2n) is 4.42. The van der Waals surface area contributed by atoms with Crippen LogP contribution in [0.1, 0.15) is 22.4 Å². The maximum absolute atomic E-state index is 4.58. The zero-order valence-corrected chi connectivity index (χ0v) is 12.6. The molecule has 1 aromatic carbocycles. The van der Waals surface area contributed by atoms with Gasteiger partial charge in [0.15, 0.2) is 5.13 Å². The van der Waals surface area contributed by atoms with E-state index in [1.165, 1.54) is 15.1 Å². The molecule has 3 rings (SSSR count). The molecule has 0 atom stereocenters. The van der Waals surface area contributed by atoms with Crippen molar-refractivity contribution in [3.05, 3.63) is 39.8 Å². The molecule has 0 aliphatic heterocycles. The van der Waals surface area contributed by atoms with E-state index in [4.69, 9.17) is 0 Å². The summed E-state index contributed by atoms with van der Waals surface area (Å²) in [7, 11) is 0. The number of benzene rings is 1. The van der Waals surface area contributed by atoms with Crippen molar-refractivity contribution in [1.82, 2.24) is 9.97 Å². The second-order valence-corrected chi connectivity index (χ2v) is 6.65. The number of hydrogen-bond acceptors (Lipinski definition) is 5. The minimum Gasteiger partial charge on any atom is -0.355 e. The third kappa shape index (κ3) is 2.77. The van der Waals surface area contributed by atoms with E-state index >= 15 is 0 Å². The van der Waals surface area contributed by atoms with Crippen LogP contribution < -0.4 is 5.32 Å². The first-order chi connectivity index (χ1) is 9.24. The molecule has 5 heteroatoms. The first-order valence-corrected chi connectivity index (χ1v) is 7.92. The summed E-state index contributed by atoms with van der Waals surface area (Å²) in [5.74, 6) is 0. The quantitative estimate of drug-likeness (QED) is 0.781. The topological polar surface area (TPSA) is 37.8 Å². The lowest BCUT2D eigenvalue weighted by molar-refractivity contribution is 1.09. The highest BCUT2D eigenvalue weighted by atomic mass is 32.1. The summed E-state index contributed by atoms with van der Waals surface area (Å²) in [6.07, 6.45) is 3.02. The van der Waals surface area contributed by atoms with E-state index in [-0.39, 0.29) is 0 Å². The summed E-state index contributed by atoms with van der Waals surface area (Å²) in [5.41, 5.74) is 2.33. The van der Waals surface area contributed by atoms with E-state index in [1.807, 2.05) is 6.20 Å². The number of anilines is 1. The molecule has 3 nitrogen and oxygen atoms in total. The van der Waals surface area contributed by atoms with E-state index < -0.39 is 0 Å². The number of thiazole rings is 2. The standard InChI is InChI=1S/C14H15N3S2/c1-3-10-7-15-13(18-10)8-16-14-17-11-5-4-9(2)6-12(11)19-14/h4-7H,3,8H2,1-2H3,(H,16,17). The van der Waals surface area contributed by atoms with Gasteiger partial charge in [-0.1, -0.05) is 24.3 Å². The molecule has 3 aromatic rings. The van der Waals surface area contributed by atoms with Gasteiger partial charge in [0.25, 0.3) is 0 Å². The molecule has 0 spiro atoms. The normalized spacial score (nSPS) is 11.1. The molecule has 0 amide bonds. The Kier molecular flexibility index (Phi) is 3.48. The molecule has 2 aromatic heterocycles. The van der Waals surface area contributed by atoms with Crippen molar-refractivity contribution in [3.63, 3.8) is 0 Å². The predicted octanol–water partition coefficient (Wildman–Crippen LogP) is 4.24. The molecular weight excluding hydrogens is 274 g/mol. The van der Waals surface area contributed by atoms with Gasteiger partial charge < -0.3 is 5.32 Å². The summed E-state index contributed by atoms with van der Waals surface area (Å²) in [4.78, 5) is 10.3. The third-order valence-electron chi connectivity index (χ3n) is 2.88. The maximum Gasteiger partial charge on any atom is 0.184 e. The van der Waals surface area contributed by atoms with Crippen LogP contribution in [0.2, 0.25) is 0 Å². The molecule has 19 heavy (non-hydrogen) atoms. The summed E-state index contributed by atoms with van der Waals surface area (Å²) in [6, 6.07) is 6.35. The van der Waals surface area contributed by atoms with Crippen molar-refractivity contribution in [2.45, 2.75) is 26.8 Å². The molecular formula is C14H15N3S2. The largest absolute Gasteiger partial charge is 0.355 e. The smallest absolute Gasteiger partial charge is 0.184 e. The van der Waals surface area contributed by atoms with Crippen molar-refractivity contribution in [3.8, 4) is 0 Å². The molecule has 0 saturated heterocycles. The number of aryl methyl sites for hydroxylation is 2. The van der Waals surface area contributed by atoms with Crippen molar-refractivity contribution < 1.29 is 0 Å². The van der Waals surface area contributed by atoms with Gasteiger partial charge in [-0.2, -0.15) is 0 Å². The Labute approximate surface area is 120 Å². The van der Waals surface area contributed by atoms with Gasteiger partial charge in [0.2, 0.25) is 0 Å². The highest BCUT2D eigenvalue weighted by Gasteiger charge is 2.05. The Morgan fingerprint density at radius 1 is 1.26 bits per heavy atom. The molecule has 0 saturated carbocycles. The minimum absolute atomic E-state index is 0.753. The number of fused-ring (bicyclic) bond motifs is 1. The second kappa shape index (κ2) is 5.27. The zero-order chi connectivity index (χ0) is 13.2. The molecule has 0 bridgehead atoms. The fourth-order valence-electron chi connectivity index (χ4n) is 1.85. The van der Waals surface area contributed by atoms with E-state index in [9.17, 15) is 0 Å². The molecule has 0 aliphatic carbocycles. The Morgan fingerprint density at radius 3 is 2.95 bits per heavy atom. The van der Waals surface area contributed by atoms with Gasteiger partial charge in [0.05, 0.1) is 16.8 Å². The van der Waals surface area contributed by atoms with Crippen molar-refractivity contribution in [2.24, 2.45) is 0 Å². The third-order valence-corrected chi connectivity index (χ3v) is 5.00. The number of nitrogens with one attached hydrogen (secondary N) is 1. The van der Waals surface area contributed by atoms with Crippen LogP contribution in [-0.2, 0) is 13.0 Å². The maximum atomic E-state index is 4.58. The highest BCUT2D eigenvalue weighted by molar-refractivity contribution is 7.22. The van der Waals surface area contributed by atoms with Gasteiger partial charge in [-0.3, -0.25) is 0 Å². The summed E-state index contributed by atoms with van der Waals surface area (Å²) in [6.45, 7) is 5.01. The summed E-state index contributed by atoms with van der Waals surface area (Å²) in [5, 5.41) is 5.45. The van der Waals surface area contributed by atoms with Crippen LogP contribution in [0.25, 0.3) is 10.2 Å². The van der Waals surface area contributed by atoms with Crippen molar-refractivity contribution >= 4 is 38.0 Å². The molecule has 98 valence electrons. The van der Waals surface area contributed by atoms with Crippen LogP contribution in [0.3, 0.4) is 0 Å². The van der Waals surface area contributed by atoms with E-state index in [1.54, 1.807) is 22.7 Å². The van der Waals surface area contributed by atoms with E-state index in [2.05, 4.69) is 47.3 Å². The summed E-state index contributed by atoms with van der Waals surface area (Å²) >= 11 is 3.46. The Morgan fingerprint density at radius 2 is 2.16 bits per heavy atom. The van der Waals surface area contributed by atoms with Gasteiger partial charge in [-0.15, -0.1) is 11.3 Å². The molecule has 0 unspecified atom stereocenters. The SMILES string of the molecule is CCc1cnc(CNc2nc3ccc(C)cc3s2)s1. The Hall–Kier alpha value is -1.46. The lowest BCUT2D eigenvalue weighted by Gasteiger charge is -1.97. The Balaban J connectivity index is 1.74. The monoisotopic (exact) mass is 289 g/mol. The fourth-order valence-corrected chi connectivity index (χ4v) is 3.61. The van der Waals surface area contributed by atoms with Crippen LogP contribution in [0.5, 0.6) is 0 Å². The average Bonchev–Trinajstić information content (AvgIpc) is 3.01. The molecule has 0 fully saturated rings. The number of rotatable bonds is 4. The number of hydrogen-bond donors (Lipinski definition) is 1. The lowest BCUT2D eigenvalue weighted by atomic mass is 10.2. The number of aromatic nitrogens is 2. The van der Waals surface area contributed by atoms with Crippen LogP contribution in [-0.4, -0.2) is 9.97 Å². The van der Waals surface area contributed by atoms with Crippen LogP contribution in [0.15, 0.2) is 24.4 Å². The molecule has 2 heterocycles. The summed E-state index contributed by atoms with van der Waals surface area (Å²) < 4.78 is 1.23. The zero-order valence-electron chi connectivity index (χ0n) is 10.9. The lowest BCUT2D eigenvalue weighted by Crippen LogP contribution is -1.97. The fraction of sp³-hybridized carbons (Fsp3) is 0.286. The van der Waals surface area contributed by atoms with Gasteiger partial charge in [-0.05, 0) is 31.0 Å². The van der Waals surface area contributed by atoms with Gasteiger partial charge >= 0.3 is 0 Å². The van der Waals surface area contributed by atoms with E-state index in [0.717, 1.165) is 28.6 Å². The van der Waals surface area contributed by atoms with Crippen molar-refractivity contribution in [1.29, 1.82) is 0 Å². The average molecular weight is 289 g/mol. The molecule has 1 N–H and O–H groups in total. The van der Waals surface area contributed by atoms with Crippen LogP contribution >= 0.6 is 22.7 Å². The number of nitrogens with zero attached hydrogens (tertiary/aromatic N) is 2. The van der Waals surface area contributed by atoms with Gasteiger partial charge in [0.1, 0.15) is 5.01 Å². The predicted molar refractivity (Wildman–Crippen MR) is 83.2 cm³/mol. The first-order valence-electron chi connectivity index (χ1n) is 6.29.